The van der Waals surface area contributed by atoms with E-state index in [1.807, 2.05) is 31.2 Å². The van der Waals surface area contributed by atoms with Crippen LogP contribution in [0.4, 0.5) is 13.2 Å². The highest BCUT2D eigenvalue weighted by Crippen LogP contribution is 2.54. The van der Waals surface area contributed by atoms with Crippen LogP contribution in [0.15, 0.2) is 76.9 Å². The molecule has 1 saturated carbocycles. The van der Waals surface area contributed by atoms with Gasteiger partial charge in [-0.1, -0.05) is 56.3 Å². The Morgan fingerprint density at radius 3 is 2.51 bits per heavy atom. The second-order valence-electron chi connectivity index (χ2n) is 8.83. The number of nitrogens with one attached hydrogen (secondary N) is 1. The number of aryl methyl sites for hydroxylation is 1. The summed E-state index contributed by atoms with van der Waals surface area (Å²) in [6, 6.07) is 7.50. The third-order valence-corrected chi connectivity index (χ3v) is 6.54. The minimum Gasteiger partial charge on any atom is -0.461 e. The fourth-order valence-corrected chi connectivity index (χ4v) is 3.96. The van der Waals surface area contributed by atoms with E-state index in [4.69, 9.17) is 26.5 Å². The van der Waals surface area contributed by atoms with E-state index < -0.39 is 34.4 Å². The molecule has 0 aromatic heterocycles. The van der Waals surface area contributed by atoms with E-state index in [-0.39, 0.29) is 18.6 Å². The van der Waals surface area contributed by atoms with Crippen LogP contribution < -0.4 is 4.74 Å². The van der Waals surface area contributed by atoms with Gasteiger partial charge in [0.25, 0.3) is 0 Å². The lowest BCUT2D eigenvalue weighted by Gasteiger charge is -2.49. The predicted octanol–water partition coefficient (Wildman–Crippen LogP) is 7.80. The Hall–Kier alpha value is -3.02. The normalized spacial score (nSPS) is 20.7. The largest absolute Gasteiger partial charge is 0.461 e. The summed E-state index contributed by atoms with van der Waals surface area (Å²) in [5, 5.41) is 6.59. The lowest BCUT2D eigenvalue weighted by atomic mass is 9.54. The maximum Gasteiger partial charge on any atom is 0.426 e. The molecule has 0 bridgehead atoms. The van der Waals surface area contributed by atoms with Crippen molar-refractivity contribution in [2.24, 2.45) is 17.3 Å². The number of hydrogen-bond acceptors (Lipinski definition) is 4. The summed E-state index contributed by atoms with van der Waals surface area (Å²) >= 11 is 5.38. The Labute approximate surface area is 209 Å². The fourth-order valence-electron chi connectivity index (χ4n) is 3.81. The molecule has 1 aliphatic rings. The van der Waals surface area contributed by atoms with Crippen molar-refractivity contribution >= 4 is 23.8 Å². The number of hydrogen-bond donors (Lipinski definition) is 1. The smallest absolute Gasteiger partial charge is 0.426 e. The molecule has 8 heteroatoms. The van der Waals surface area contributed by atoms with Crippen LogP contribution >= 0.6 is 11.6 Å². The molecular formula is C27H29ClF3NO3. The molecule has 1 aromatic rings. The van der Waals surface area contributed by atoms with E-state index in [9.17, 15) is 18.0 Å². The van der Waals surface area contributed by atoms with Crippen LogP contribution in [0.3, 0.4) is 0 Å². The molecule has 2 rings (SSSR count). The second-order valence-corrected chi connectivity index (χ2v) is 9.24. The van der Waals surface area contributed by atoms with Gasteiger partial charge in [0.05, 0.1) is 12.1 Å². The molecule has 0 aliphatic heterocycles. The predicted molar refractivity (Wildman–Crippen MR) is 131 cm³/mol. The average Bonchev–Trinajstić information content (AvgIpc) is 2.79. The molecule has 2 unspecified atom stereocenters. The highest BCUT2D eigenvalue weighted by molar-refractivity contribution is 6.30. The van der Waals surface area contributed by atoms with Crippen LogP contribution in [0.2, 0.25) is 0 Å². The highest BCUT2D eigenvalue weighted by atomic mass is 35.5. The SMILES string of the molecule is C=C=CC(CC(=CC)Oc1ccccc1C)=C(C=N)OC(=O)C1CC(C=C(Cl)C(F)(F)F)C1(C)C. The van der Waals surface area contributed by atoms with Crippen molar-refractivity contribution in [2.45, 2.75) is 46.7 Å². The summed E-state index contributed by atoms with van der Waals surface area (Å²) in [5.41, 5.74) is 3.22. The number of carbonyl (C=O) groups excluding carboxylic acids is 1. The topological polar surface area (TPSA) is 59.4 Å². The van der Waals surface area contributed by atoms with E-state index in [0.717, 1.165) is 17.9 Å². The van der Waals surface area contributed by atoms with Crippen molar-refractivity contribution < 1.29 is 27.4 Å². The Balaban J connectivity index is 2.21. The molecule has 0 saturated heterocycles. The van der Waals surface area contributed by atoms with Gasteiger partial charge in [-0.05, 0) is 55.4 Å². The summed E-state index contributed by atoms with van der Waals surface area (Å²) in [4.78, 5) is 12.9. The molecule has 188 valence electrons. The zero-order valence-electron chi connectivity index (χ0n) is 20.1. The van der Waals surface area contributed by atoms with Crippen LogP contribution in [0.5, 0.6) is 5.75 Å². The van der Waals surface area contributed by atoms with Gasteiger partial charge in [0.2, 0.25) is 0 Å². The van der Waals surface area contributed by atoms with Crippen molar-refractivity contribution in [2.75, 3.05) is 0 Å². The molecule has 1 aromatic carbocycles. The Bertz CT molecular complexity index is 1110. The highest BCUT2D eigenvalue weighted by Gasteiger charge is 2.52. The molecule has 4 nitrogen and oxygen atoms in total. The molecule has 1 N–H and O–H groups in total. The molecule has 0 radical (unpaired) electrons. The van der Waals surface area contributed by atoms with Gasteiger partial charge in [0, 0.05) is 12.0 Å². The maximum atomic E-state index is 12.9. The molecule has 1 fully saturated rings. The van der Waals surface area contributed by atoms with Gasteiger partial charge < -0.3 is 14.9 Å². The second kappa shape index (κ2) is 11.6. The molecule has 0 heterocycles. The van der Waals surface area contributed by atoms with E-state index in [1.165, 1.54) is 6.08 Å². The number of rotatable bonds is 9. The van der Waals surface area contributed by atoms with Gasteiger partial charge in [-0.15, -0.1) is 5.73 Å². The summed E-state index contributed by atoms with van der Waals surface area (Å²) < 4.78 is 49.9. The van der Waals surface area contributed by atoms with Crippen molar-refractivity contribution in [3.05, 3.63) is 82.5 Å². The van der Waals surface area contributed by atoms with E-state index >= 15 is 0 Å². The molecule has 2 atom stereocenters. The molecule has 0 amide bonds. The number of ether oxygens (including phenoxy) is 2. The number of esters is 1. The van der Waals surface area contributed by atoms with Crippen LogP contribution in [0.1, 0.15) is 39.2 Å². The first-order valence-corrected chi connectivity index (χ1v) is 11.4. The third kappa shape index (κ3) is 7.00. The zero-order chi connectivity index (χ0) is 26.4. The first-order valence-electron chi connectivity index (χ1n) is 11.0. The minimum absolute atomic E-state index is 0.0120. The number of halogens is 4. The lowest BCUT2D eigenvalue weighted by Crippen LogP contribution is -2.48. The first kappa shape index (κ1) is 28.2. The van der Waals surface area contributed by atoms with Gasteiger partial charge >= 0.3 is 12.1 Å². The summed E-state index contributed by atoms with van der Waals surface area (Å²) in [6.45, 7) is 10.7. The molecule has 1 aliphatic carbocycles. The van der Waals surface area contributed by atoms with Gasteiger partial charge in [0.1, 0.15) is 16.5 Å². The van der Waals surface area contributed by atoms with Crippen molar-refractivity contribution in [1.82, 2.24) is 0 Å². The van der Waals surface area contributed by atoms with Crippen molar-refractivity contribution in [1.29, 1.82) is 5.41 Å². The number of carbonyl (C=O) groups is 1. The Morgan fingerprint density at radius 1 is 1.34 bits per heavy atom. The van der Waals surface area contributed by atoms with Crippen molar-refractivity contribution in [3.63, 3.8) is 0 Å². The summed E-state index contributed by atoms with van der Waals surface area (Å²) in [7, 11) is 0. The van der Waals surface area contributed by atoms with E-state index in [0.29, 0.717) is 17.1 Å². The Kier molecular flexibility index (Phi) is 9.36. The van der Waals surface area contributed by atoms with Gasteiger partial charge in [0.15, 0.2) is 5.76 Å². The third-order valence-electron chi connectivity index (χ3n) is 6.20. The maximum absolute atomic E-state index is 12.9. The summed E-state index contributed by atoms with van der Waals surface area (Å²) in [6.07, 6.45) is 0.855. The quantitative estimate of drug-likeness (QED) is 0.122. The van der Waals surface area contributed by atoms with E-state index in [1.54, 1.807) is 26.8 Å². The number of allylic oxidation sites excluding steroid dienone is 6. The summed E-state index contributed by atoms with van der Waals surface area (Å²) in [5.74, 6) is -0.600. The van der Waals surface area contributed by atoms with Crippen LogP contribution in [-0.2, 0) is 9.53 Å². The number of para-hydroxylation sites is 1. The van der Waals surface area contributed by atoms with Gasteiger partial charge in [-0.25, -0.2) is 0 Å². The monoisotopic (exact) mass is 507 g/mol. The van der Waals surface area contributed by atoms with Crippen LogP contribution in [-0.4, -0.2) is 18.4 Å². The Morgan fingerprint density at radius 2 is 2.00 bits per heavy atom. The van der Waals surface area contributed by atoms with Gasteiger partial charge in [-0.2, -0.15) is 13.2 Å². The lowest BCUT2D eigenvalue weighted by molar-refractivity contribution is -0.158. The molecule has 0 spiro atoms. The fraction of sp³-hybridized carbons (Fsp3) is 0.370. The van der Waals surface area contributed by atoms with E-state index in [2.05, 4.69) is 12.3 Å². The standard InChI is InChI=1S/C27H29ClF3NO3/c1-6-10-18(13-20(7-2)34-22-12-9-8-11-17(22)3)23(16-32)35-25(33)21-14-19(26(21,4)5)15-24(28)27(29,30)31/h7-12,15-16,19,21,32H,1,13-14H2,2-5H3. The number of alkyl halides is 3. The van der Waals surface area contributed by atoms with Crippen LogP contribution in [0, 0.1) is 29.6 Å². The first-order chi connectivity index (χ1) is 16.3. The molecule has 35 heavy (non-hydrogen) atoms. The van der Waals surface area contributed by atoms with Crippen molar-refractivity contribution in [3.8, 4) is 5.75 Å². The van der Waals surface area contributed by atoms with Crippen LogP contribution in [0.25, 0.3) is 0 Å². The van der Waals surface area contributed by atoms with Gasteiger partial charge in [-0.3, -0.25) is 4.79 Å². The average molecular weight is 508 g/mol. The number of benzene rings is 1. The molecular weight excluding hydrogens is 479 g/mol. The zero-order valence-corrected chi connectivity index (χ0v) is 20.9. The minimum atomic E-state index is -4.63.